The lowest BCUT2D eigenvalue weighted by Gasteiger charge is -2.39. The van der Waals surface area contributed by atoms with Crippen molar-refractivity contribution >= 4 is 38.8 Å². The Bertz CT molecular complexity index is 1850. The summed E-state index contributed by atoms with van der Waals surface area (Å²) in [5.74, 6) is -1.25. The maximum Gasteiger partial charge on any atom is 0.197 e. The van der Waals surface area contributed by atoms with Crippen molar-refractivity contribution < 1.29 is 20.1 Å². The zero-order chi connectivity index (χ0) is 28.7. The fourth-order valence-corrected chi connectivity index (χ4v) is 5.62. The third-order valence-electron chi connectivity index (χ3n) is 7.44. The average Bonchev–Trinajstić information content (AvgIpc) is 3.32. The summed E-state index contributed by atoms with van der Waals surface area (Å²) < 4.78 is 1.95. The molecule has 0 radical (unpaired) electrons. The van der Waals surface area contributed by atoms with E-state index in [1.54, 1.807) is 23.1 Å². The van der Waals surface area contributed by atoms with Crippen LogP contribution in [0.4, 0.5) is 5.69 Å². The Morgan fingerprint density at radius 3 is 1.95 bits per heavy atom. The number of aliphatic hydroxyl groups excluding tert-OH is 1. The van der Waals surface area contributed by atoms with Crippen molar-refractivity contribution in [1.82, 2.24) is 4.57 Å². The van der Waals surface area contributed by atoms with Gasteiger partial charge < -0.3 is 24.8 Å². The van der Waals surface area contributed by atoms with E-state index in [1.165, 1.54) is 12.1 Å². The van der Waals surface area contributed by atoms with Crippen LogP contribution in [-0.2, 0) is 4.79 Å². The number of hydrogen-bond donors (Lipinski definition) is 3. The molecule has 202 valence electrons. The van der Waals surface area contributed by atoms with Crippen molar-refractivity contribution in [1.29, 1.82) is 0 Å². The monoisotopic (exact) mass is 540 g/mol. The number of phenolic OH excluding ortho intramolecular Hbond substituents is 2. The van der Waals surface area contributed by atoms with Crippen LogP contribution in [0.5, 0.6) is 11.5 Å². The van der Waals surface area contributed by atoms with E-state index in [1.807, 2.05) is 96.4 Å². The molecule has 4 aromatic carbocycles. The maximum absolute atomic E-state index is 13.6. The second kappa shape index (κ2) is 10.2. The molecule has 1 aliphatic carbocycles. The minimum atomic E-state index is -1.00. The van der Waals surface area contributed by atoms with Gasteiger partial charge in [-0.15, -0.1) is 0 Å². The first-order chi connectivity index (χ1) is 19.9. The zero-order valence-corrected chi connectivity index (χ0v) is 22.4. The topological polar surface area (TPSA) is 85.9 Å². The van der Waals surface area contributed by atoms with Crippen LogP contribution in [-0.4, -0.2) is 31.7 Å². The van der Waals surface area contributed by atoms with Gasteiger partial charge in [-0.25, -0.2) is 0 Å². The summed E-state index contributed by atoms with van der Waals surface area (Å²) in [7, 11) is 0. The third kappa shape index (κ3) is 4.17. The molecule has 6 heteroatoms. The predicted molar refractivity (Wildman–Crippen MR) is 164 cm³/mol. The summed E-state index contributed by atoms with van der Waals surface area (Å²) in [6.45, 7) is 5.52. The molecule has 0 bridgehead atoms. The maximum atomic E-state index is 13.6. The molecule has 3 N–H and O–H groups in total. The van der Waals surface area contributed by atoms with Crippen LogP contribution in [0.1, 0.15) is 12.5 Å². The fourth-order valence-electron chi connectivity index (χ4n) is 5.62. The molecule has 6 rings (SSSR count). The quantitative estimate of drug-likeness (QED) is 0.185. The van der Waals surface area contributed by atoms with Crippen LogP contribution >= 0.6 is 0 Å². The van der Waals surface area contributed by atoms with Crippen molar-refractivity contribution in [2.75, 3.05) is 4.90 Å². The number of nitrogens with zero attached hydrogens (tertiary/aromatic N) is 2. The predicted octanol–water partition coefficient (Wildman–Crippen LogP) is 7.57. The standard InChI is InChI=1S/C35H28N2O4/c1-3-4-6-13-22(2)36(23-14-7-5-8-15-23)33-34(40)32(35(33)41)31-29(38)20-24(21-30(31)39)37-27-18-11-9-16-25(27)26-17-10-12-19-28(26)37/h3-21,33,38-40H,1H2,2H3/b6-4-,22-13+. The number of para-hydroxylation sites is 3. The molecule has 1 aliphatic rings. The van der Waals surface area contributed by atoms with Gasteiger partial charge >= 0.3 is 0 Å². The smallest absolute Gasteiger partial charge is 0.197 e. The number of fused-ring (bicyclic) bond motifs is 3. The number of phenols is 2. The van der Waals surface area contributed by atoms with Crippen molar-refractivity contribution in [2.24, 2.45) is 0 Å². The second-order valence-corrected chi connectivity index (χ2v) is 9.89. The molecule has 1 unspecified atom stereocenters. The number of Topliss-reactive ketones (excluding diaryl/α,β-unsaturated/α-hetero) is 1. The Kier molecular flexibility index (Phi) is 6.44. The largest absolute Gasteiger partial charge is 0.509 e. The molecule has 0 saturated carbocycles. The highest BCUT2D eigenvalue weighted by Crippen LogP contribution is 2.46. The number of aliphatic hydroxyl groups is 1. The number of anilines is 1. The summed E-state index contributed by atoms with van der Waals surface area (Å²) in [6.07, 6.45) is 7.04. The summed E-state index contributed by atoms with van der Waals surface area (Å²) in [6, 6.07) is 27.1. The summed E-state index contributed by atoms with van der Waals surface area (Å²) in [4.78, 5) is 15.4. The van der Waals surface area contributed by atoms with Crippen molar-refractivity contribution in [3.05, 3.63) is 139 Å². The number of allylic oxidation sites excluding steroid dienone is 5. The van der Waals surface area contributed by atoms with Gasteiger partial charge in [0, 0.05) is 34.3 Å². The molecule has 0 saturated heterocycles. The first-order valence-electron chi connectivity index (χ1n) is 13.2. The van der Waals surface area contributed by atoms with E-state index in [2.05, 4.69) is 6.58 Å². The molecular weight excluding hydrogens is 512 g/mol. The van der Waals surface area contributed by atoms with E-state index in [-0.39, 0.29) is 28.4 Å². The van der Waals surface area contributed by atoms with Gasteiger partial charge in [-0.2, -0.15) is 0 Å². The highest BCUT2D eigenvalue weighted by atomic mass is 16.3. The minimum absolute atomic E-state index is 0.0885. The number of carbonyl (C=O) groups excluding carboxylic acids is 1. The highest BCUT2D eigenvalue weighted by Gasteiger charge is 2.46. The number of hydrogen-bond acceptors (Lipinski definition) is 5. The van der Waals surface area contributed by atoms with Crippen molar-refractivity contribution in [2.45, 2.75) is 13.0 Å². The summed E-state index contributed by atoms with van der Waals surface area (Å²) >= 11 is 0. The number of aromatic hydroxyl groups is 2. The van der Waals surface area contributed by atoms with Crippen LogP contribution in [0.3, 0.4) is 0 Å². The highest BCUT2D eigenvalue weighted by molar-refractivity contribution is 6.34. The molecule has 1 atom stereocenters. The van der Waals surface area contributed by atoms with E-state index in [9.17, 15) is 20.1 Å². The molecule has 6 nitrogen and oxygen atoms in total. The fraction of sp³-hybridized carbons (Fsp3) is 0.0571. The van der Waals surface area contributed by atoms with Crippen molar-refractivity contribution in [3.8, 4) is 17.2 Å². The lowest BCUT2D eigenvalue weighted by atomic mass is 9.81. The second-order valence-electron chi connectivity index (χ2n) is 9.89. The first kappa shape index (κ1) is 25.8. The molecule has 0 amide bonds. The average molecular weight is 541 g/mol. The Morgan fingerprint density at radius 1 is 0.829 bits per heavy atom. The van der Waals surface area contributed by atoms with E-state index in [4.69, 9.17) is 0 Å². The number of ketones is 1. The Morgan fingerprint density at radius 2 is 1.39 bits per heavy atom. The molecule has 0 aliphatic heterocycles. The van der Waals surface area contributed by atoms with Crippen LogP contribution in [0.25, 0.3) is 33.1 Å². The minimum Gasteiger partial charge on any atom is -0.509 e. The first-order valence-corrected chi connectivity index (χ1v) is 13.2. The van der Waals surface area contributed by atoms with Gasteiger partial charge in [0.2, 0.25) is 0 Å². The van der Waals surface area contributed by atoms with Gasteiger partial charge in [-0.05, 0) is 37.3 Å². The van der Waals surface area contributed by atoms with E-state index in [0.717, 1.165) is 21.8 Å². The van der Waals surface area contributed by atoms with Gasteiger partial charge in [-0.3, -0.25) is 4.79 Å². The molecular formula is C35H28N2O4. The molecule has 1 aromatic heterocycles. The third-order valence-corrected chi connectivity index (χ3v) is 7.44. The summed E-state index contributed by atoms with van der Waals surface area (Å²) in [5, 5.41) is 35.7. The van der Waals surface area contributed by atoms with E-state index < -0.39 is 11.8 Å². The Balaban J connectivity index is 1.45. The van der Waals surface area contributed by atoms with E-state index >= 15 is 0 Å². The number of carbonyl (C=O) groups is 1. The normalized spacial score (nSPS) is 15.6. The van der Waals surface area contributed by atoms with Crippen LogP contribution in [0, 0.1) is 0 Å². The molecule has 0 fully saturated rings. The zero-order valence-electron chi connectivity index (χ0n) is 22.4. The van der Waals surface area contributed by atoms with Crippen LogP contribution in [0.2, 0.25) is 0 Å². The van der Waals surface area contributed by atoms with Gasteiger partial charge in [0.1, 0.15) is 17.3 Å². The van der Waals surface area contributed by atoms with Gasteiger partial charge in [-0.1, -0.05) is 79.4 Å². The lowest BCUT2D eigenvalue weighted by molar-refractivity contribution is -0.116. The molecule has 0 spiro atoms. The van der Waals surface area contributed by atoms with Gasteiger partial charge in [0.15, 0.2) is 11.8 Å². The van der Waals surface area contributed by atoms with Crippen LogP contribution < -0.4 is 4.90 Å². The number of benzene rings is 4. The molecule has 5 aromatic rings. The number of aromatic nitrogens is 1. The SMILES string of the molecule is C=C/C=C\C=C(/C)N(c1ccccc1)C1C(=O)C(c2c(O)cc(-n3c4ccccc4c4ccccc43)cc2O)=C1O. The molecule has 1 heterocycles. The summed E-state index contributed by atoms with van der Waals surface area (Å²) in [5.41, 5.74) is 3.59. The van der Waals surface area contributed by atoms with E-state index in [0.29, 0.717) is 17.1 Å². The Hall–Kier alpha value is -5.49. The molecule has 41 heavy (non-hydrogen) atoms. The lowest BCUT2D eigenvalue weighted by Crippen LogP contribution is -2.49. The van der Waals surface area contributed by atoms with Gasteiger partial charge in [0.25, 0.3) is 0 Å². The Labute approximate surface area is 237 Å². The van der Waals surface area contributed by atoms with Gasteiger partial charge in [0.05, 0.1) is 27.9 Å². The number of rotatable bonds is 7. The van der Waals surface area contributed by atoms with Crippen molar-refractivity contribution in [3.63, 3.8) is 0 Å². The van der Waals surface area contributed by atoms with Crippen LogP contribution in [0.15, 0.2) is 133 Å².